The minimum absolute atomic E-state index is 0.0654. The first kappa shape index (κ1) is 20.2. The lowest BCUT2D eigenvalue weighted by molar-refractivity contribution is -0.113. The molecule has 1 fully saturated rings. The Morgan fingerprint density at radius 1 is 1.17 bits per heavy atom. The summed E-state index contributed by atoms with van der Waals surface area (Å²) in [5.41, 5.74) is 1.62. The number of amides is 1. The summed E-state index contributed by atoms with van der Waals surface area (Å²) < 4.78 is 19.6. The highest BCUT2D eigenvalue weighted by Gasteiger charge is 2.33. The van der Waals surface area contributed by atoms with E-state index < -0.39 is 5.82 Å². The standard InChI is InChI=1S/C21H13ClFNO2S3/c1-12-2-6-15(7-3-12)28-19-9-5-14(26-19)11-18-20(25)24(21(27)29-18)13-4-8-17(23)16(22)10-13/h2-11H,1H3/b18-11-. The lowest BCUT2D eigenvalue weighted by Gasteiger charge is -2.14. The molecule has 1 aromatic heterocycles. The summed E-state index contributed by atoms with van der Waals surface area (Å²) in [6.45, 7) is 2.04. The molecule has 0 unspecified atom stereocenters. The summed E-state index contributed by atoms with van der Waals surface area (Å²) in [6, 6.07) is 15.9. The number of nitrogens with zero attached hydrogens (tertiary/aromatic N) is 1. The van der Waals surface area contributed by atoms with Gasteiger partial charge in [0, 0.05) is 11.0 Å². The van der Waals surface area contributed by atoms with Crippen molar-refractivity contribution in [3.63, 3.8) is 0 Å². The van der Waals surface area contributed by atoms with E-state index in [9.17, 15) is 9.18 Å². The summed E-state index contributed by atoms with van der Waals surface area (Å²) in [7, 11) is 0. The number of carbonyl (C=O) groups excluding carboxylic acids is 1. The van der Waals surface area contributed by atoms with Crippen molar-refractivity contribution in [1.82, 2.24) is 0 Å². The van der Waals surface area contributed by atoms with Gasteiger partial charge in [0.25, 0.3) is 5.91 Å². The van der Waals surface area contributed by atoms with Crippen molar-refractivity contribution in [2.24, 2.45) is 0 Å². The number of hydrogen-bond acceptors (Lipinski definition) is 5. The van der Waals surface area contributed by atoms with Crippen LogP contribution in [0.5, 0.6) is 0 Å². The lowest BCUT2D eigenvalue weighted by atomic mass is 10.2. The van der Waals surface area contributed by atoms with Gasteiger partial charge in [0.15, 0.2) is 9.41 Å². The third-order valence-electron chi connectivity index (χ3n) is 4.07. The summed E-state index contributed by atoms with van der Waals surface area (Å²) >= 11 is 13.8. The average molecular weight is 462 g/mol. The fourth-order valence-electron chi connectivity index (χ4n) is 2.63. The van der Waals surface area contributed by atoms with Gasteiger partial charge < -0.3 is 4.42 Å². The van der Waals surface area contributed by atoms with Crippen LogP contribution in [0.15, 0.2) is 73.9 Å². The van der Waals surface area contributed by atoms with Crippen molar-refractivity contribution in [2.75, 3.05) is 4.90 Å². The maximum atomic E-state index is 13.4. The average Bonchev–Trinajstić information content (AvgIpc) is 3.24. The van der Waals surface area contributed by atoms with Crippen molar-refractivity contribution in [2.45, 2.75) is 16.9 Å². The molecule has 3 nitrogen and oxygen atoms in total. The van der Waals surface area contributed by atoms with E-state index in [0.29, 0.717) is 20.7 Å². The Morgan fingerprint density at radius 3 is 2.66 bits per heavy atom. The first-order valence-corrected chi connectivity index (χ1v) is 10.9. The van der Waals surface area contributed by atoms with Crippen molar-refractivity contribution in [1.29, 1.82) is 0 Å². The van der Waals surface area contributed by atoms with E-state index in [4.69, 9.17) is 28.2 Å². The molecule has 3 aromatic rings. The summed E-state index contributed by atoms with van der Waals surface area (Å²) in [5, 5.41) is 0.658. The zero-order valence-electron chi connectivity index (χ0n) is 15.0. The second-order valence-corrected chi connectivity index (χ2v) is 9.35. The van der Waals surface area contributed by atoms with Crippen LogP contribution in [0.2, 0.25) is 5.02 Å². The lowest BCUT2D eigenvalue weighted by Crippen LogP contribution is -2.27. The van der Waals surface area contributed by atoms with Gasteiger partial charge in [-0.3, -0.25) is 9.69 Å². The fourth-order valence-corrected chi connectivity index (χ4v) is 4.87. The van der Waals surface area contributed by atoms with Gasteiger partial charge in [0.05, 0.1) is 15.6 Å². The highest BCUT2D eigenvalue weighted by molar-refractivity contribution is 8.27. The molecule has 0 saturated carbocycles. The summed E-state index contributed by atoms with van der Waals surface area (Å²) in [4.78, 5) is 15.6. The number of thiocarbonyl (C=S) groups is 1. The van der Waals surface area contributed by atoms with Crippen LogP contribution in [0.1, 0.15) is 11.3 Å². The molecule has 8 heteroatoms. The maximum Gasteiger partial charge on any atom is 0.270 e. The van der Waals surface area contributed by atoms with E-state index in [1.165, 1.54) is 40.4 Å². The monoisotopic (exact) mass is 461 g/mol. The minimum atomic E-state index is -0.550. The molecule has 0 spiro atoms. The van der Waals surface area contributed by atoms with Gasteiger partial charge >= 0.3 is 0 Å². The number of furan rings is 1. The number of anilines is 1. The van der Waals surface area contributed by atoms with Crippen LogP contribution in [0.3, 0.4) is 0 Å². The number of benzene rings is 2. The van der Waals surface area contributed by atoms with Crippen molar-refractivity contribution < 1.29 is 13.6 Å². The molecule has 1 amide bonds. The van der Waals surface area contributed by atoms with E-state index in [1.807, 2.05) is 37.3 Å². The molecule has 2 aromatic carbocycles. The van der Waals surface area contributed by atoms with Crippen molar-refractivity contribution in [3.05, 3.63) is 81.7 Å². The number of aryl methyl sites for hydroxylation is 1. The van der Waals surface area contributed by atoms with Crippen molar-refractivity contribution in [3.8, 4) is 0 Å². The molecular weight excluding hydrogens is 449 g/mol. The van der Waals surface area contributed by atoms with Crippen molar-refractivity contribution >= 4 is 69.3 Å². The van der Waals surface area contributed by atoms with Crippen LogP contribution >= 0.6 is 47.3 Å². The van der Waals surface area contributed by atoms with Gasteiger partial charge in [0.1, 0.15) is 11.6 Å². The first-order valence-electron chi connectivity index (χ1n) is 8.48. The molecule has 1 saturated heterocycles. The molecule has 0 bridgehead atoms. The fraction of sp³-hybridized carbons (Fsp3) is 0.0476. The predicted octanol–water partition coefficient (Wildman–Crippen LogP) is 6.94. The van der Waals surface area contributed by atoms with Gasteiger partial charge in [0.2, 0.25) is 0 Å². The molecule has 0 atom stereocenters. The van der Waals surface area contributed by atoms with Crippen LogP contribution in [0.4, 0.5) is 10.1 Å². The Balaban J connectivity index is 1.53. The quantitative estimate of drug-likeness (QED) is 0.310. The third kappa shape index (κ3) is 4.43. The molecule has 2 heterocycles. The number of carbonyl (C=O) groups is 1. The smallest absolute Gasteiger partial charge is 0.270 e. The molecule has 0 aliphatic carbocycles. The molecule has 4 rings (SSSR count). The zero-order chi connectivity index (χ0) is 20.5. The molecular formula is C21H13ClFNO2S3. The minimum Gasteiger partial charge on any atom is -0.450 e. The Hall–Kier alpha value is -2.06. The summed E-state index contributed by atoms with van der Waals surface area (Å²) in [5.74, 6) is -0.297. The summed E-state index contributed by atoms with van der Waals surface area (Å²) in [6.07, 6.45) is 1.66. The topological polar surface area (TPSA) is 33.5 Å². The Labute approximate surface area is 185 Å². The Kier molecular flexibility index (Phi) is 5.83. The number of thioether (sulfide) groups is 1. The highest BCUT2D eigenvalue weighted by Crippen LogP contribution is 2.38. The number of hydrogen-bond donors (Lipinski definition) is 0. The van der Waals surface area contributed by atoms with Gasteiger partial charge in [-0.1, -0.05) is 65.0 Å². The Morgan fingerprint density at radius 2 is 1.93 bits per heavy atom. The van der Waals surface area contributed by atoms with Gasteiger partial charge in [-0.25, -0.2) is 4.39 Å². The second kappa shape index (κ2) is 8.36. The van der Waals surface area contributed by atoms with Crippen LogP contribution in [-0.4, -0.2) is 10.2 Å². The van der Waals surface area contributed by atoms with E-state index in [-0.39, 0.29) is 10.9 Å². The molecule has 146 valence electrons. The van der Waals surface area contributed by atoms with Gasteiger partial charge in [-0.2, -0.15) is 0 Å². The van der Waals surface area contributed by atoms with E-state index in [0.717, 1.165) is 21.7 Å². The number of halogens is 2. The van der Waals surface area contributed by atoms with E-state index in [2.05, 4.69) is 0 Å². The van der Waals surface area contributed by atoms with Crippen LogP contribution in [0, 0.1) is 12.7 Å². The van der Waals surface area contributed by atoms with E-state index in [1.54, 1.807) is 12.1 Å². The number of rotatable bonds is 4. The molecule has 0 N–H and O–H groups in total. The van der Waals surface area contributed by atoms with E-state index >= 15 is 0 Å². The van der Waals surface area contributed by atoms with Crippen LogP contribution in [0.25, 0.3) is 6.08 Å². The molecule has 0 radical (unpaired) electrons. The first-order chi connectivity index (χ1) is 13.9. The highest BCUT2D eigenvalue weighted by atomic mass is 35.5. The third-order valence-corrected chi connectivity index (χ3v) is 6.59. The van der Waals surface area contributed by atoms with Crippen LogP contribution < -0.4 is 4.90 Å². The molecule has 29 heavy (non-hydrogen) atoms. The zero-order valence-corrected chi connectivity index (χ0v) is 18.2. The SMILES string of the molecule is Cc1ccc(Sc2ccc(/C=C3\SC(=S)N(c4ccc(F)c(Cl)c4)C3=O)o2)cc1. The molecule has 1 aliphatic heterocycles. The van der Waals surface area contributed by atoms with Crippen LogP contribution in [-0.2, 0) is 4.79 Å². The Bertz CT molecular complexity index is 1140. The predicted molar refractivity (Wildman–Crippen MR) is 121 cm³/mol. The molecule has 1 aliphatic rings. The normalized spacial score (nSPS) is 15.6. The maximum absolute atomic E-state index is 13.4. The van der Waals surface area contributed by atoms with Gasteiger partial charge in [-0.05, 0) is 49.4 Å². The second-order valence-electron chi connectivity index (χ2n) is 6.19. The largest absolute Gasteiger partial charge is 0.450 e. The van der Waals surface area contributed by atoms with Gasteiger partial charge in [-0.15, -0.1) is 0 Å².